The summed E-state index contributed by atoms with van der Waals surface area (Å²) in [5, 5.41) is 2.93. The second-order valence-corrected chi connectivity index (χ2v) is 9.29. The van der Waals surface area contributed by atoms with Gasteiger partial charge in [-0.15, -0.1) is 0 Å². The van der Waals surface area contributed by atoms with E-state index in [-0.39, 0.29) is 23.8 Å². The second kappa shape index (κ2) is 11.7. The minimum Gasteiger partial charge on any atom is -0.484 e. The van der Waals surface area contributed by atoms with Gasteiger partial charge < -0.3 is 15.0 Å². The third kappa shape index (κ3) is 7.40. The predicted molar refractivity (Wildman–Crippen MR) is 130 cm³/mol. The molecule has 0 unspecified atom stereocenters. The van der Waals surface area contributed by atoms with Crippen molar-refractivity contribution >= 4 is 11.8 Å². The van der Waals surface area contributed by atoms with Crippen LogP contribution in [0.3, 0.4) is 0 Å². The van der Waals surface area contributed by atoms with Gasteiger partial charge in [-0.3, -0.25) is 9.59 Å². The maximum Gasteiger partial charge on any atom is 0.261 e. The molecular formula is C27H38N2O3. The highest BCUT2D eigenvalue weighted by Crippen LogP contribution is 2.24. The van der Waals surface area contributed by atoms with Crippen LogP contribution in [0, 0.1) is 6.92 Å². The van der Waals surface area contributed by atoms with Gasteiger partial charge in [0.25, 0.3) is 5.91 Å². The number of amides is 2. The summed E-state index contributed by atoms with van der Waals surface area (Å²) < 4.78 is 5.81. The van der Waals surface area contributed by atoms with Crippen LogP contribution < -0.4 is 10.1 Å². The van der Waals surface area contributed by atoms with Crippen LogP contribution in [0.1, 0.15) is 64.2 Å². The van der Waals surface area contributed by atoms with Gasteiger partial charge in [0.1, 0.15) is 11.8 Å². The van der Waals surface area contributed by atoms with E-state index in [1.807, 2.05) is 69.3 Å². The van der Waals surface area contributed by atoms with Crippen molar-refractivity contribution < 1.29 is 14.3 Å². The number of aryl methyl sites for hydroxylation is 1. The first-order chi connectivity index (χ1) is 15.2. The third-order valence-corrected chi connectivity index (χ3v) is 5.49. The molecule has 1 N–H and O–H groups in total. The molecule has 0 aliphatic rings. The van der Waals surface area contributed by atoms with Gasteiger partial charge >= 0.3 is 0 Å². The largest absolute Gasteiger partial charge is 0.484 e. The van der Waals surface area contributed by atoms with Crippen molar-refractivity contribution in [3.05, 3.63) is 65.2 Å². The number of carbonyl (C=O) groups is 2. The van der Waals surface area contributed by atoms with Gasteiger partial charge in [0.05, 0.1) is 0 Å². The fourth-order valence-corrected chi connectivity index (χ4v) is 3.45. The SMILES string of the molecule is CCCNC(=O)[C@H](CC)N(Cc1ccc(C)cc1)C(=O)COc1ccc(C(C)(C)C)cc1. The quantitative estimate of drug-likeness (QED) is 0.568. The molecule has 0 radical (unpaired) electrons. The molecule has 0 saturated carbocycles. The Morgan fingerprint density at radius 1 is 1.00 bits per heavy atom. The molecular weight excluding hydrogens is 400 g/mol. The molecule has 174 valence electrons. The zero-order valence-electron chi connectivity index (χ0n) is 20.4. The van der Waals surface area contributed by atoms with Gasteiger partial charge in [0, 0.05) is 13.1 Å². The Hall–Kier alpha value is -2.82. The maximum absolute atomic E-state index is 13.2. The van der Waals surface area contributed by atoms with Crippen molar-refractivity contribution in [1.82, 2.24) is 10.2 Å². The van der Waals surface area contributed by atoms with Gasteiger partial charge in [0.15, 0.2) is 6.61 Å². The van der Waals surface area contributed by atoms with Gasteiger partial charge in [-0.25, -0.2) is 0 Å². The van der Waals surface area contributed by atoms with Crippen LogP contribution in [0.25, 0.3) is 0 Å². The van der Waals surface area contributed by atoms with Crippen molar-refractivity contribution in [2.24, 2.45) is 0 Å². The number of rotatable bonds is 10. The fraction of sp³-hybridized carbons (Fsp3) is 0.481. The molecule has 0 saturated heterocycles. The minimum atomic E-state index is -0.540. The summed E-state index contributed by atoms with van der Waals surface area (Å²) in [5.74, 6) is 0.318. The Kier molecular flexibility index (Phi) is 9.30. The number of carbonyl (C=O) groups excluding carboxylic acids is 2. The molecule has 2 aromatic carbocycles. The summed E-state index contributed by atoms with van der Waals surface area (Å²) in [6.07, 6.45) is 1.38. The first-order valence-corrected chi connectivity index (χ1v) is 11.5. The Balaban J connectivity index is 2.16. The van der Waals surface area contributed by atoms with E-state index in [0.717, 1.165) is 17.5 Å². The first kappa shape index (κ1) is 25.4. The number of ether oxygens (including phenoxy) is 1. The van der Waals surface area contributed by atoms with Gasteiger partial charge in [-0.05, 0) is 48.4 Å². The lowest BCUT2D eigenvalue weighted by Crippen LogP contribution is -2.50. The van der Waals surface area contributed by atoms with Crippen LogP contribution in [0.4, 0.5) is 0 Å². The zero-order valence-corrected chi connectivity index (χ0v) is 20.4. The topological polar surface area (TPSA) is 58.6 Å². The van der Waals surface area contributed by atoms with Crippen molar-refractivity contribution in [3.63, 3.8) is 0 Å². The monoisotopic (exact) mass is 438 g/mol. The number of benzene rings is 2. The highest BCUT2D eigenvalue weighted by molar-refractivity contribution is 5.88. The van der Waals surface area contributed by atoms with Crippen LogP contribution in [-0.2, 0) is 21.5 Å². The lowest BCUT2D eigenvalue weighted by atomic mass is 9.87. The summed E-state index contributed by atoms with van der Waals surface area (Å²) >= 11 is 0. The summed E-state index contributed by atoms with van der Waals surface area (Å²) in [6, 6.07) is 15.3. The van der Waals surface area contributed by atoms with E-state index in [9.17, 15) is 9.59 Å². The van der Waals surface area contributed by atoms with Gasteiger partial charge in [-0.1, -0.05) is 76.6 Å². The van der Waals surface area contributed by atoms with E-state index in [2.05, 4.69) is 26.1 Å². The highest BCUT2D eigenvalue weighted by atomic mass is 16.5. The van der Waals surface area contributed by atoms with E-state index in [1.54, 1.807) is 4.90 Å². The minimum absolute atomic E-state index is 0.0549. The number of hydrogen-bond donors (Lipinski definition) is 1. The van der Waals surface area contributed by atoms with Crippen LogP contribution in [-0.4, -0.2) is 35.9 Å². The lowest BCUT2D eigenvalue weighted by Gasteiger charge is -2.30. The standard InChI is InChI=1S/C27H38N2O3/c1-7-17-28-26(31)24(8-2)29(18-21-11-9-20(3)10-12-21)25(30)19-32-23-15-13-22(14-16-23)27(4,5)6/h9-16,24H,7-8,17-19H2,1-6H3,(H,28,31)/t24-/m0/s1. The van der Waals surface area contributed by atoms with Crippen molar-refractivity contribution in [2.45, 2.75) is 72.4 Å². The molecule has 0 aliphatic carbocycles. The number of hydrogen-bond acceptors (Lipinski definition) is 3. The van der Waals surface area contributed by atoms with E-state index >= 15 is 0 Å². The number of nitrogens with one attached hydrogen (secondary N) is 1. The van der Waals surface area contributed by atoms with Crippen molar-refractivity contribution in [1.29, 1.82) is 0 Å². The molecule has 0 heterocycles. The molecule has 0 spiro atoms. The normalized spacial score (nSPS) is 12.2. The summed E-state index contributed by atoms with van der Waals surface area (Å²) in [4.78, 5) is 27.6. The van der Waals surface area contributed by atoms with E-state index < -0.39 is 6.04 Å². The van der Waals surface area contributed by atoms with Crippen LogP contribution in [0.15, 0.2) is 48.5 Å². The van der Waals surface area contributed by atoms with Crippen LogP contribution >= 0.6 is 0 Å². The summed E-state index contributed by atoms with van der Waals surface area (Å²) in [7, 11) is 0. The average Bonchev–Trinajstić information content (AvgIpc) is 2.76. The van der Waals surface area contributed by atoms with E-state index in [4.69, 9.17) is 4.74 Å². The molecule has 2 amide bonds. The first-order valence-electron chi connectivity index (χ1n) is 11.5. The molecule has 0 bridgehead atoms. The zero-order chi connectivity index (χ0) is 23.7. The van der Waals surface area contributed by atoms with E-state index in [0.29, 0.717) is 25.3 Å². The van der Waals surface area contributed by atoms with E-state index in [1.165, 1.54) is 5.56 Å². The smallest absolute Gasteiger partial charge is 0.261 e. The Bertz CT molecular complexity index is 867. The van der Waals surface area contributed by atoms with Crippen LogP contribution in [0.2, 0.25) is 0 Å². The Morgan fingerprint density at radius 2 is 1.62 bits per heavy atom. The predicted octanol–water partition coefficient (Wildman–Crippen LogP) is 5.00. The molecule has 2 rings (SSSR count). The van der Waals surface area contributed by atoms with Crippen LogP contribution in [0.5, 0.6) is 5.75 Å². The number of nitrogens with zero attached hydrogens (tertiary/aromatic N) is 1. The maximum atomic E-state index is 13.2. The molecule has 0 aliphatic heterocycles. The Morgan fingerprint density at radius 3 is 2.16 bits per heavy atom. The molecule has 5 nitrogen and oxygen atoms in total. The third-order valence-electron chi connectivity index (χ3n) is 5.49. The molecule has 32 heavy (non-hydrogen) atoms. The molecule has 0 aromatic heterocycles. The van der Waals surface area contributed by atoms with Gasteiger partial charge in [-0.2, -0.15) is 0 Å². The summed E-state index contributed by atoms with van der Waals surface area (Å²) in [5.41, 5.74) is 3.40. The van der Waals surface area contributed by atoms with Gasteiger partial charge in [0.2, 0.25) is 5.91 Å². The molecule has 5 heteroatoms. The van der Waals surface area contributed by atoms with Crippen molar-refractivity contribution in [3.8, 4) is 5.75 Å². The molecule has 1 atom stereocenters. The highest BCUT2D eigenvalue weighted by Gasteiger charge is 2.28. The Labute approximate surface area is 193 Å². The molecule has 0 fully saturated rings. The van der Waals surface area contributed by atoms with Crippen molar-refractivity contribution in [2.75, 3.05) is 13.2 Å². The fourth-order valence-electron chi connectivity index (χ4n) is 3.45. The summed E-state index contributed by atoms with van der Waals surface area (Å²) in [6.45, 7) is 13.3. The second-order valence-electron chi connectivity index (χ2n) is 9.29. The average molecular weight is 439 g/mol. The lowest BCUT2D eigenvalue weighted by molar-refractivity contribution is -0.143. The molecule has 2 aromatic rings.